The van der Waals surface area contributed by atoms with Gasteiger partial charge in [-0.1, -0.05) is 51.2 Å². The quantitative estimate of drug-likeness (QED) is 0.0773. The fourth-order valence-electron chi connectivity index (χ4n) is 3.09. The van der Waals surface area contributed by atoms with E-state index in [9.17, 15) is 19.5 Å². The third-order valence-corrected chi connectivity index (χ3v) is 5.39. The van der Waals surface area contributed by atoms with E-state index in [1.165, 1.54) is 0 Å². The molecule has 7 nitrogen and oxygen atoms in total. The lowest BCUT2D eigenvalue weighted by molar-refractivity contribution is -0.152. The molecule has 0 saturated heterocycles. The van der Waals surface area contributed by atoms with Gasteiger partial charge in [-0.3, -0.25) is 14.4 Å². The number of carbonyl (C=O) groups is 3. The Labute approximate surface area is 202 Å². The van der Waals surface area contributed by atoms with Crippen molar-refractivity contribution in [1.29, 1.82) is 0 Å². The van der Waals surface area contributed by atoms with Crippen molar-refractivity contribution >= 4 is 41.0 Å². The lowest BCUT2D eigenvalue weighted by Gasteiger charge is -2.22. The maximum Gasteiger partial charge on any atom is 0.321 e. The van der Waals surface area contributed by atoms with Crippen LogP contribution in [0.1, 0.15) is 84.0 Å². The molecule has 0 aromatic heterocycles. The van der Waals surface area contributed by atoms with Gasteiger partial charge in [0.15, 0.2) is 0 Å². The molecular weight excluding hydrogens is 455 g/mol. The second-order valence-corrected chi connectivity index (χ2v) is 8.28. The van der Waals surface area contributed by atoms with Crippen LogP contribution in [0.4, 0.5) is 0 Å². The summed E-state index contributed by atoms with van der Waals surface area (Å²) in [7, 11) is 0. The van der Waals surface area contributed by atoms with Crippen LogP contribution in [0.3, 0.4) is 0 Å². The molecule has 0 aliphatic rings. The van der Waals surface area contributed by atoms with Crippen molar-refractivity contribution in [1.82, 2.24) is 10.6 Å². The third kappa shape index (κ3) is 18.3. The molecule has 0 aliphatic carbocycles. The second kappa shape index (κ2) is 21.5. The Hall–Kier alpha value is -1.31. The molecule has 3 N–H and O–H groups in total. The Bertz CT molecular complexity index is 546. The van der Waals surface area contributed by atoms with Gasteiger partial charge in [-0.2, -0.15) is 0 Å². The van der Waals surface area contributed by atoms with E-state index in [1.807, 2.05) is 6.08 Å². The molecule has 0 radical (unpaired) electrons. The Morgan fingerprint density at radius 3 is 2.28 bits per heavy atom. The van der Waals surface area contributed by atoms with E-state index in [-0.39, 0.29) is 30.2 Å². The lowest BCUT2D eigenvalue weighted by Crippen LogP contribution is -2.37. The summed E-state index contributed by atoms with van der Waals surface area (Å²) < 4.78 is 5.29. The van der Waals surface area contributed by atoms with Crippen LogP contribution >= 0.6 is 23.2 Å². The van der Waals surface area contributed by atoms with Gasteiger partial charge in [0.2, 0.25) is 11.8 Å². The molecule has 0 aromatic rings. The van der Waals surface area contributed by atoms with Gasteiger partial charge in [0.05, 0.1) is 12.8 Å². The van der Waals surface area contributed by atoms with Crippen molar-refractivity contribution < 1.29 is 24.2 Å². The molecule has 0 rings (SSSR count). The molecule has 2 amide bonds. The Morgan fingerprint density at radius 1 is 0.906 bits per heavy atom. The molecular formula is C23H40Cl2N2O5. The van der Waals surface area contributed by atoms with Crippen LogP contribution in [-0.4, -0.2) is 53.5 Å². The molecule has 32 heavy (non-hydrogen) atoms. The summed E-state index contributed by atoms with van der Waals surface area (Å²) in [5.74, 6) is -1.20. The Morgan fingerprint density at radius 2 is 1.59 bits per heavy atom. The number of hydrogen-bond donors (Lipinski definition) is 3. The molecule has 0 aromatic carbocycles. The van der Waals surface area contributed by atoms with Crippen molar-refractivity contribution in [2.75, 3.05) is 18.4 Å². The molecule has 0 heterocycles. The minimum atomic E-state index is -0.718. The number of nitrogens with one attached hydrogen (secondary N) is 2. The maximum atomic E-state index is 11.6. The summed E-state index contributed by atoms with van der Waals surface area (Å²) in [6.07, 6.45) is 13.2. The van der Waals surface area contributed by atoms with E-state index in [0.29, 0.717) is 19.3 Å². The van der Waals surface area contributed by atoms with Crippen LogP contribution in [0.5, 0.6) is 0 Å². The summed E-state index contributed by atoms with van der Waals surface area (Å²) in [5.41, 5.74) is 0. The highest BCUT2D eigenvalue weighted by Gasteiger charge is 2.21. The summed E-state index contributed by atoms with van der Waals surface area (Å²) in [4.78, 5) is 34.0. The molecule has 186 valence electrons. The number of halogens is 2. The number of ether oxygens (including phenoxy) is 1. The van der Waals surface area contributed by atoms with Gasteiger partial charge in [0, 0.05) is 6.42 Å². The number of aliphatic hydroxyl groups is 1. The zero-order chi connectivity index (χ0) is 24.0. The highest BCUT2D eigenvalue weighted by Crippen LogP contribution is 2.15. The number of allylic oxidation sites excluding steroid dienone is 1. The van der Waals surface area contributed by atoms with Gasteiger partial charge >= 0.3 is 5.97 Å². The SMILES string of the molecule is CCCCCC(OC(=O)CCl)C(O)CC=CCCCCCCCC(=O)NCNC(=O)CCl. The average molecular weight is 495 g/mol. The highest BCUT2D eigenvalue weighted by molar-refractivity contribution is 6.27. The van der Waals surface area contributed by atoms with Crippen molar-refractivity contribution in [3.63, 3.8) is 0 Å². The smallest absolute Gasteiger partial charge is 0.321 e. The molecule has 0 bridgehead atoms. The van der Waals surface area contributed by atoms with Crippen molar-refractivity contribution in [3.05, 3.63) is 12.2 Å². The molecule has 9 heteroatoms. The van der Waals surface area contributed by atoms with Crippen LogP contribution in [0.2, 0.25) is 0 Å². The second-order valence-electron chi connectivity index (χ2n) is 7.75. The third-order valence-electron chi connectivity index (χ3n) is 4.92. The predicted octanol–water partition coefficient (Wildman–Crippen LogP) is 4.18. The number of unbranched alkanes of at least 4 members (excludes halogenated alkanes) is 7. The lowest BCUT2D eigenvalue weighted by atomic mass is 10.0. The predicted molar refractivity (Wildman–Crippen MR) is 129 cm³/mol. The van der Waals surface area contributed by atoms with E-state index >= 15 is 0 Å². The van der Waals surface area contributed by atoms with Crippen molar-refractivity contribution in [3.8, 4) is 0 Å². The van der Waals surface area contributed by atoms with Gasteiger partial charge in [-0.25, -0.2) is 0 Å². The highest BCUT2D eigenvalue weighted by atomic mass is 35.5. The van der Waals surface area contributed by atoms with Gasteiger partial charge < -0.3 is 20.5 Å². The monoisotopic (exact) mass is 494 g/mol. The summed E-state index contributed by atoms with van der Waals surface area (Å²) in [6, 6.07) is 0. The number of alkyl halides is 2. The topological polar surface area (TPSA) is 105 Å². The fourth-order valence-corrected chi connectivity index (χ4v) is 3.24. The number of esters is 1. The first-order valence-electron chi connectivity index (χ1n) is 11.6. The van der Waals surface area contributed by atoms with Crippen LogP contribution in [-0.2, 0) is 19.1 Å². The molecule has 0 saturated carbocycles. The largest absolute Gasteiger partial charge is 0.459 e. The van der Waals surface area contributed by atoms with E-state index in [0.717, 1.165) is 57.8 Å². The van der Waals surface area contributed by atoms with Gasteiger partial charge in [-0.15, -0.1) is 23.2 Å². The van der Waals surface area contributed by atoms with E-state index in [4.69, 9.17) is 27.9 Å². The molecule has 0 fully saturated rings. The summed E-state index contributed by atoms with van der Waals surface area (Å²) in [6.45, 7) is 2.21. The Kier molecular flexibility index (Phi) is 20.6. The van der Waals surface area contributed by atoms with E-state index in [2.05, 4.69) is 23.6 Å². The molecule has 0 spiro atoms. The van der Waals surface area contributed by atoms with Crippen molar-refractivity contribution in [2.24, 2.45) is 0 Å². The number of carbonyl (C=O) groups excluding carboxylic acids is 3. The fraction of sp³-hybridized carbons (Fsp3) is 0.783. The number of amides is 2. The van der Waals surface area contributed by atoms with Crippen LogP contribution < -0.4 is 10.6 Å². The minimum absolute atomic E-state index is 0.0777. The van der Waals surface area contributed by atoms with E-state index < -0.39 is 18.2 Å². The maximum absolute atomic E-state index is 11.6. The normalized spacial score (nSPS) is 13.0. The number of aliphatic hydroxyl groups excluding tert-OH is 1. The average Bonchev–Trinajstić information content (AvgIpc) is 2.79. The zero-order valence-electron chi connectivity index (χ0n) is 19.3. The molecule has 2 unspecified atom stereocenters. The zero-order valence-corrected chi connectivity index (χ0v) is 20.8. The van der Waals surface area contributed by atoms with Gasteiger partial charge in [0.1, 0.15) is 17.9 Å². The summed E-state index contributed by atoms with van der Waals surface area (Å²) >= 11 is 10.9. The van der Waals surface area contributed by atoms with Gasteiger partial charge in [0.25, 0.3) is 0 Å². The first-order chi connectivity index (χ1) is 15.4. The minimum Gasteiger partial charge on any atom is -0.459 e. The van der Waals surface area contributed by atoms with Crippen LogP contribution in [0.25, 0.3) is 0 Å². The van der Waals surface area contributed by atoms with Crippen LogP contribution in [0, 0.1) is 0 Å². The first kappa shape index (κ1) is 30.7. The summed E-state index contributed by atoms with van der Waals surface area (Å²) in [5, 5.41) is 15.5. The number of hydrogen-bond acceptors (Lipinski definition) is 5. The molecule has 2 atom stereocenters. The standard InChI is InChI=1S/C23H40Cl2N2O5/c1-2-3-10-14-20(32-23(31)17-25)19(28)13-11-8-6-4-5-7-9-12-15-21(29)26-18-27-22(30)16-24/h8,11,19-20,28H,2-7,9-10,12-18H2,1H3,(H,26,29)(H,27,30). The van der Waals surface area contributed by atoms with E-state index in [1.54, 1.807) is 0 Å². The van der Waals surface area contributed by atoms with Crippen LogP contribution in [0.15, 0.2) is 12.2 Å². The van der Waals surface area contributed by atoms with Crippen molar-refractivity contribution in [2.45, 2.75) is 96.2 Å². The molecule has 0 aliphatic heterocycles. The Balaban J connectivity index is 3.82. The first-order valence-corrected chi connectivity index (χ1v) is 12.7. The van der Waals surface area contributed by atoms with Gasteiger partial charge in [-0.05, 0) is 38.5 Å². The number of rotatable bonds is 20.